The molecule has 0 atom stereocenters. The van der Waals surface area contributed by atoms with Crippen LogP contribution in [-0.2, 0) is 9.59 Å². The molecule has 7 heteroatoms. The van der Waals surface area contributed by atoms with E-state index in [2.05, 4.69) is 5.32 Å². The van der Waals surface area contributed by atoms with Gasteiger partial charge in [0.15, 0.2) is 6.61 Å². The van der Waals surface area contributed by atoms with Gasteiger partial charge in [-0.1, -0.05) is 0 Å². The number of nitrogens with two attached hydrogens (primary N) is 1. The van der Waals surface area contributed by atoms with Crippen LogP contribution in [0, 0.1) is 0 Å². The Labute approximate surface area is 114 Å². The zero-order valence-electron chi connectivity index (χ0n) is 10.6. The minimum absolute atomic E-state index is 0.242. The lowest BCUT2D eigenvalue weighted by atomic mass is 10.1. The van der Waals surface area contributed by atoms with E-state index in [-0.39, 0.29) is 6.61 Å². The molecule has 4 N–H and O–H groups in total. The second-order valence-electron chi connectivity index (χ2n) is 4.62. The van der Waals surface area contributed by atoms with Crippen LogP contribution in [0.2, 0.25) is 0 Å². The van der Waals surface area contributed by atoms with Crippen LogP contribution in [0.25, 0.3) is 0 Å². The molecule has 0 saturated heterocycles. The second-order valence-corrected chi connectivity index (χ2v) is 4.62. The summed E-state index contributed by atoms with van der Waals surface area (Å²) in [5.41, 5.74) is 4.15. The lowest BCUT2D eigenvalue weighted by Crippen LogP contribution is -2.43. The number of hydrogen-bond donors (Lipinski definition) is 3. The quantitative estimate of drug-likeness (QED) is 0.671. The van der Waals surface area contributed by atoms with Gasteiger partial charge >= 0.3 is 5.97 Å². The molecule has 1 aliphatic carbocycles. The van der Waals surface area contributed by atoms with E-state index in [0.717, 1.165) is 0 Å². The van der Waals surface area contributed by atoms with E-state index in [1.54, 1.807) is 0 Å². The van der Waals surface area contributed by atoms with Gasteiger partial charge in [-0.05, 0) is 37.1 Å². The molecule has 0 unspecified atom stereocenters. The van der Waals surface area contributed by atoms with Crippen LogP contribution in [-0.4, -0.2) is 35.0 Å². The third-order valence-corrected chi connectivity index (χ3v) is 3.01. The Morgan fingerprint density at radius 3 is 2.30 bits per heavy atom. The molecule has 1 aliphatic rings. The number of amides is 2. The second kappa shape index (κ2) is 5.20. The van der Waals surface area contributed by atoms with E-state index in [9.17, 15) is 14.4 Å². The van der Waals surface area contributed by atoms with Crippen molar-refractivity contribution in [3.63, 3.8) is 0 Å². The number of carboxylic acids is 1. The summed E-state index contributed by atoms with van der Waals surface area (Å²) in [5.74, 6) is -1.66. The Balaban J connectivity index is 1.97. The van der Waals surface area contributed by atoms with Crippen LogP contribution in [0.15, 0.2) is 24.3 Å². The summed E-state index contributed by atoms with van der Waals surface area (Å²) < 4.78 is 5.05. The molecule has 0 bridgehead atoms. The molecule has 1 saturated carbocycles. The van der Waals surface area contributed by atoms with Crippen LogP contribution < -0.4 is 15.8 Å². The van der Waals surface area contributed by atoms with Crippen LogP contribution >= 0.6 is 0 Å². The fourth-order valence-electron chi connectivity index (χ4n) is 1.66. The fraction of sp³-hybridized carbons (Fsp3) is 0.308. The summed E-state index contributed by atoms with van der Waals surface area (Å²) in [4.78, 5) is 33.4. The van der Waals surface area contributed by atoms with Crippen molar-refractivity contribution in [3.8, 4) is 5.75 Å². The Morgan fingerprint density at radius 1 is 1.25 bits per heavy atom. The van der Waals surface area contributed by atoms with Crippen LogP contribution in [0.5, 0.6) is 5.75 Å². The van der Waals surface area contributed by atoms with Gasteiger partial charge in [0.1, 0.15) is 11.3 Å². The molecule has 0 heterocycles. The van der Waals surface area contributed by atoms with E-state index in [1.165, 1.54) is 24.3 Å². The largest absolute Gasteiger partial charge is 0.484 e. The van der Waals surface area contributed by atoms with Crippen molar-refractivity contribution in [2.45, 2.75) is 18.4 Å². The van der Waals surface area contributed by atoms with Gasteiger partial charge in [-0.25, -0.2) is 4.79 Å². The zero-order chi connectivity index (χ0) is 14.8. The highest BCUT2D eigenvalue weighted by Gasteiger charge is 2.51. The van der Waals surface area contributed by atoms with Crippen LogP contribution in [0.1, 0.15) is 23.2 Å². The third kappa shape index (κ3) is 3.05. The van der Waals surface area contributed by atoms with Gasteiger partial charge in [0.05, 0.1) is 0 Å². The number of ether oxygens (including phenoxy) is 1. The van der Waals surface area contributed by atoms with E-state index in [0.29, 0.717) is 24.2 Å². The van der Waals surface area contributed by atoms with Gasteiger partial charge in [-0.15, -0.1) is 0 Å². The van der Waals surface area contributed by atoms with Crippen molar-refractivity contribution in [1.29, 1.82) is 0 Å². The normalized spacial score (nSPS) is 15.2. The van der Waals surface area contributed by atoms with Gasteiger partial charge < -0.3 is 20.9 Å². The number of aliphatic carboxylic acids is 1. The predicted octanol–water partition coefficient (Wildman–Crippen LogP) is -0.102. The zero-order valence-corrected chi connectivity index (χ0v) is 10.6. The van der Waals surface area contributed by atoms with Gasteiger partial charge in [0, 0.05) is 5.56 Å². The smallest absolute Gasteiger partial charge is 0.329 e. The molecule has 2 rings (SSSR count). The van der Waals surface area contributed by atoms with Crippen molar-refractivity contribution in [2.24, 2.45) is 5.73 Å². The first-order valence-electron chi connectivity index (χ1n) is 6.00. The fourth-order valence-corrected chi connectivity index (χ4v) is 1.66. The molecule has 1 fully saturated rings. The Kier molecular flexibility index (Phi) is 3.60. The molecule has 2 amide bonds. The summed E-state index contributed by atoms with van der Waals surface area (Å²) in [7, 11) is 0. The Hall–Kier alpha value is -2.57. The van der Waals surface area contributed by atoms with E-state index >= 15 is 0 Å². The minimum Gasteiger partial charge on any atom is -0.484 e. The number of carbonyl (C=O) groups excluding carboxylic acids is 2. The summed E-state index contributed by atoms with van der Waals surface area (Å²) in [5, 5.41) is 11.5. The number of carboxylic acid groups (broad SMARTS) is 1. The molecule has 0 aromatic heterocycles. The van der Waals surface area contributed by atoms with E-state index in [4.69, 9.17) is 15.6 Å². The average Bonchev–Trinajstić information content (AvgIpc) is 3.18. The number of rotatable bonds is 6. The Bertz CT molecular complexity index is 548. The molecule has 0 radical (unpaired) electrons. The Morgan fingerprint density at radius 2 is 1.85 bits per heavy atom. The first-order valence-corrected chi connectivity index (χ1v) is 6.00. The monoisotopic (exact) mass is 278 g/mol. The number of hydrogen-bond acceptors (Lipinski definition) is 4. The lowest BCUT2D eigenvalue weighted by Gasteiger charge is -2.12. The highest BCUT2D eigenvalue weighted by atomic mass is 16.5. The number of carbonyl (C=O) groups is 3. The van der Waals surface area contributed by atoms with Gasteiger partial charge in [0.2, 0.25) is 0 Å². The average molecular weight is 278 g/mol. The number of primary amides is 1. The van der Waals surface area contributed by atoms with Crippen LogP contribution in [0.3, 0.4) is 0 Å². The van der Waals surface area contributed by atoms with Crippen molar-refractivity contribution in [1.82, 2.24) is 5.32 Å². The van der Waals surface area contributed by atoms with Crippen molar-refractivity contribution in [2.75, 3.05) is 6.61 Å². The first kappa shape index (κ1) is 13.9. The number of benzene rings is 1. The highest BCUT2D eigenvalue weighted by Crippen LogP contribution is 2.35. The molecule has 0 aliphatic heterocycles. The third-order valence-electron chi connectivity index (χ3n) is 3.01. The standard InChI is InChI=1S/C13H14N2O5/c14-10(16)7-20-9-3-1-8(2-4-9)11(17)15-13(5-6-13)12(18)19/h1-4H,5-7H2,(H2,14,16)(H,15,17)(H,18,19). The van der Waals surface area contributed by atoms with Crippen molar-refractivity contribution in [3.05, 3.63) is 29.8 Å². The summed E-state index contributed by atoms with van der Waals surface area (Å²) in [6.45, 7) is -0.242. The maximum Gasteiger partial charge on any atom is 0.329 e. The molecule has 106 valence electrons. The van der Waals surface area contributed by atoms with Gasteiger partial charge in [-0.2, -0.15) is 0 Å². The topological polar surface area (TPSA) is 119 Å². The highest BCUT2D eigenvalue weighted by molar-refractivity contribution is 5.99. The molecule has 1 aromatic rings. The van der Waals surface area contributed by atoms with E-state index in [1.807, 2.05) is 0 Å². The molecular formula is C13H14N2O5. The van der Waals surface area contributed by atoms with Crippen molar-refractivity contribution < 1.29 is 24.2 Å². The van der Waals surface area contributed by atoms with E-state index < -0.39 is 23.3 Å². The molecule has 7 nitrogen and oxygen atoms in total. The predicted molar refractivity (Wildman–Crippen MR) is 68.2 cm³/mol. The SMILES string of the molecule is NC(=O)COc1ccc(C(=O)NC2(C(=O)O)CC2)cc1. The first-order chi connectivity index (χ1) is 9.43. The lowest BCUT2D eigenvalue weighted by molar-refractivity contribution is -0.140. The molecular weight excluding hydrogens is 264 g/mol. The summed E-state index contributed by atoms with van der Waals surface area (Å²) in [6.07, 6.45) is 0.877. The molecule has 0 spiro atoms. The molecule has 1 aromatic carbocycles. The van der Waals surface area contributed by atoms with Crippen LogP contribution in [0.4, 0.5) is 0 Å². The maximum atomic E-state index is 11.9. The minimum atomic E-state index is -1.11. The maximum absolute atomic E-state index is 11.9. The molecule has 20 heavy (non-hydrogen) atoms. The summed E-state index contributed by atoms with van der Waals surface area (Å²) >= 11 is 0. The number of nitrogens with one attached hydrogen (secondary N) is 1. The van der Waals surface area contributed by atoms with Crippen molar-refractivity contribution >= 4 is 17.8 Å². The van der Waals surface area contributed by atoms with Gasteiger partial charge in [0.25, 0.3) is 11.8 Å². The summed E-state index contributed by atoms with van der Waals surface area (Å²) in [6, 6.07) is 6.00. The van der Waals surface area contributed by atoms with Gasteiger partial charge in [-0.3, -0.25) is 9.59 Å².